The highest BCUT2D eigenvalue weighted by Gasteiger charge is 2.24. The maximum atomic E-state index is 12.8. The Bertz CT molecular complexity index is 600. The lowest BCUT2D eigenvalue weighted by Gasteiger charge is -2.21. The number of rotatable bonds is 6. The maximum absolute atomic E-state index is 12.8. The Labute approximate surface area is 154 Å². The molecule has 0 atom stereocenters. The molecule has 132 valence electrons. The first-order valence-corrected chi connectivity index (χ1v) is 10.1. The van der Waals surface area contributed by atoms with Crippen molar-refractivity contribution in [2.45, 2.75) is 12.3 Å². The van der Waals surface area contributed by atoms with E-state index in [0.29, 0.717) is 6.61 Å². The summed E-state index contributed by atoms with van der Waals surface area (Å²) >= 11 is 2.01. The van der Waals surface area contributed by atoms with E-state index >= 15 is 0 Å². The van der Waals surface area contributed by atoms with Gasteiger partial charge >= 0.3 is 5.97 Å². The van der Waals surface area contributed by atoms with Crippen LogP contribution in [0.25, 0.3) is 0 Å². The summed E-state index contributed by atoms with van der Waals surface area (Å²) in [7, 11) is 0. The van der Waals surface area contributed by atoms with E-state index in [2.05, 4.69) is 4.90 Å². The van der Waals surface area contributed by atoms with Gasteiger partial charge in [-0.15, -0.1) is 0 Å². The Morgan fingerprint density at radius 2 is 1.60 bits per heavy atom. The van der Waals surface area contributed by atoms with Crippen molar-refractivity contribution in [2.75, 3.05) is 37.7 Å². The van der Waals surface area contributed by atoms with Crippen LogP contribution in [0.1, 0.15) is 23.5 Å². The molecule has 0 amide bonds. The molecule has 1 aliphatic rings. The Morgan fingerprint density at radius 1 is 0.960 bits per heavy atom. The van der Waals surface area contributed by atoms with Crippen molar-refractivity contribution in [3.05, 3.63) is 71.8 Å². The van der Waals surface area contributed by atoms with Gasteiger partial charge in [-0.3, -0.25) is 9.69 Å². The zero-order valence-corrected chi connectivity index (χ0v) is 15.3. The summed E-state index contributed by atoms with van der Waals surface area (Å²) in [5.74, 6) is 1.88. The summed E-state index contributed by atoms with van der Waals surface area (Å²) in [6.45, 7) is 3.47. The second-order valence-corrected chi connectivity index (χ2v) is 7.45. The fourth-order valence-corrected chi connectivity index (χ4v) is 4.06. The van der Waals surface area contributed by atoms with E-state index in [9.17, 15) is 4.79 Å². The Morgan fingerprint density at radius 3 is 2.24 bits per heavy atom. The van der Waals surface area contributed by atoms with Gasteiger partial charge < -0.3 is 4.74 Å². The van der Waals surface area contributed by atoms with Crippen LogP contribution in [-0.2, 0) is 9.53 Å². The van der Waals surface area contributed by atoms with Gasteiger partial charge in [0.2, 0.25) is 0 Å². The first-order valence-electron chi connectivity index (χ1n) is 8.91. The van der Waals surface area contributed by atoms with E-state index in [0.717, 1.165) is 30.8 Å². The van der Waals surface area contributed by atoms with Crippen molar-refractivity contribution >= 4 is 17.7 Å². The van der Waals surface area contributed by atoms with Crippen molar-refractivity contribution in [3.8, 4) is 0 Å². The van der Waals surface area contributed by atoms with Gasteiger partial charge in [0.25, 0.3) is 0 Å². The van der Waals surface area contributed by atoms with E-state index in [1.165, 1.54) is 17.9 Å². The van der Waals surface area contributed by atoms with Gasteiger partial charge in [0.05, 0.1) is 0 Å². The lowest BCUT2D eigenvalue weighted by molar-refractivity contribution is -0.144. The van der Waals surface area contributed by atoms with Crippen LogP contribution < -0.4 is 0 Å². The van der Waals surface area contributed by atoms with E-state index in [-0.39, 0.29) is 11.9 Å². The third-order valence-corrected chi connectivity index (χ3v) is 5.52. The average molecular weight is 356 g/mol. The molecule has 0 saturated carbocycles. The third-order valence-electron chi connectivity index (χ3n) is 4.47. The minimum absolute atomic E-state index is 0.165. The predicted octanol–water partition coefficient (Wildman–Crippen LogP) is 3.80. The molecule has 1 saturated heterocycles. The van der Waals surface area contributed by atoms with Gasteiger partial charge in [0.15, 0.2) is 0 Å². The normalized spacial score (nSPS) is 15.7. The van der Waals surface area contributed by atoms with Crippen LogP contribution in [-0.4, -0.2) is 48.6 Å². The number of hydrogen-bond donors (Lipinski definition) is 0. The zero-order chi connectivity index (χ0) is 17.3. The first kappa shape index (κ1) is 18.0. The van der Waals surface area contributed by atoms with Gasteiger partial charge in [-0.25, -0.2) is 0 Å². The highest BCUT2D eigenvalue weighted by atomic mass is 32.2. The van der Waals surface area contributed by atoms with Crippen molar-refractivity contribution < 1.29 is 9.53 Å². The molecule has 0 bridgehead atoms. The number of ether oxygens (including phenoxy) is 1. The average Bonchev–Trinajstić information content (AvgIpc) is 2.93. The van der Waals surface area contributed by atoms with Crippen molar-refractivity contribution in [1.82, 2.24) is 4.90 Å². The molecule has 2 aromatic rings. The molecular formula is C21H25NO2S. The molecular weight excluding hydrogens is 330 g/mol. The van der Waals surface area contributed by atoms with Crippen LogP contribution in [0.5, 0.6) is 0 Å². The molecule has 0 radical (unpaired) electrons. The molecule has 1 aliphatic heterocycles. The molecule has 1 fully saturated rings. The second-order valence-electron chi connectivity index (χ2n) is 6.23. The Kier molecular flexibility index (Phi) is 6.95. The third kappa shape index (κ3) is 5.35. The van der Waals surface area contributed by atoms with Gasteiger partial charge in [0, 0.05) is 18.8 Å². The van der Waals surface area contributed by atoms with Crippen LogP contribution in [0.2, 0.25) is 0 Å². The molecule has 3 rings (SSSR count). The highest BCUT2D eigenvalue weighted by molar-refractivity contribution is 7.99. The standard InChI is InChI=1S/C21H25NO2S/c23-21(24-15-13-22-12-7-16-25-17-14-22)20(18-8-3-1-4-9-18)19-10-5-2-6-11-19/h1-6,8-11,20H,7,12-17H2. The van der Waals surface area contributed by atoms with Crippen LogP contribution in [0.4, 0.5) is 0 Å². The van der Waals surface area contributed by atoms with Gasteiger partial charge in [-0.1, -0.05) is 60.7 Å². The summed E-state index contributed by atoms with van der Waals surface area (Å²) in [6.07, 6.45) is 1.22. The Balaban J connectivity index is 1.63. The number of carbonyl (C=O) groups excluding carboxylic acids is 1. The lowest BCUT2D eigenvalue weighted by atomic mass is 9.91. The molecule has 0 unspecified atom stereocenters. The van der Waals surface area contributed by atoms with Gasteiger partial charge in [0.1, 0.15) is 12.5 Å². The van der Waals surface area contributed by atoms with Crippen LogP contribution in [0.15, 0.2) is 60.7 Å². The number of nitrogens with zero attached hydrogens (tertiary/aromatic N) is 1. The monoisotopic (exact) mass is 355 g/mol. The summed E-state index contributed by atoms with van der Waals surface area (Å²) in [5, 5.41) is 0. The Hall–Kier alpha value is -1.78. The maximum Gasteiger partial charge on any atom is 0.317 e. The summed E-state index contributed by atoms with van der Waals surface area (Å²) in [5.41, 5.74) is 1.95. The first-order chi connectivity index (χ1) is 12.3. The topological polar surface area (TPSA) is 29.5 Å². The molecule has 1 heterocycles. The van der Waals surface area contributed by atoms with Gasteiger partial charge in [-0.05, 0) is 29.8 Å². The molecule has 0 aromatic heterocycles. The highest BCUT2D eigenvalue weighted by Crippen LogP contribution is 2.25. The van der Waals surface area contributed by atoms with Crippen molar-refractivity contribution in [1.29, 1.82) is 0 Å². The predicted molar refractivity (Wildman–Crippen MR) is 104 cm³/mol. The van der Waals surface area contributed by atoms with E-state index in [4.69, 9.17) is 4.74 Å². The number of carbonyl (C=O) groups is 1. The molecule has 3 nitrogen and oxygen atoms in total. The zero-order valence-electron chi connectivity index (χ0n) is 14.5. The summed E-state index contributed by atoms with van der Waals surface area (Å²) in [6, 6.07) is 19.8. The molecule has 0 aliphatic carbocycles. The minimum Gasteiger partial charge on any atom is -0.464 e. The molecule has 25 heavy (non-hydrogen) atoms. The van der Waals surface area contributed by atoms with Crippen LogP contribution in [0, 0.1) is 0 Å². The minimum atomic E-state index is -0.359. The molecule has 0 N–H and O–H groups in total. The number of thioether (sulfide) groups is 1. The largest absolute Gasteiger partial charge is 0.464 e. The van der Waals surface area contributed by atoms with Crippen molar-refractivity contribution in [3.63, 3.8) is 0 Å². The van der Waals surface area contributed by atoms with Crippen LogP contribution in [0.3, 0.4) is 0 Å². The molecule has 0 spiro atoms. The van der Waals surface area contributed by atoms with Gasteiger partial charge in [-0.2, -0.15) is 11.8 Å². The van der Waals surface area contributed by atoms with E-state index < -0.39 is 0 Å². The fraction of sp³-hybridized carbons (Fsp3) is 0.381. The van der Waals surface area contributed by atoms with E-state index in [1.807, 2.05) is 72.4 Å². The van der Waals surface area contributed by atoms with E-state index in [1.54, 1.807) is 0 Å². The van der Waals surface area contributed by atoms with Crippen molar-refractivity contribution in [2.24, 2.45) is 0 Å². The summed E-state index contributed by atoms with van der Waals surface area (Å²) in [4.78, 5) is 15.2. The van der Waals surface area contributed by atoms with Crippen LogP contribution >= 0.6 is 11.8 Å². The summed E-state index contributed by atoms with van der Waals surface area (Å²) < 4.78 is 5.67. The second kappa shape index (κ2) is 9.64. The number of hydrogen-bond acceptors (Lipinski definition) is 4. The fourth-order valence-electron chi connectivity index (χ4n) is 3.14. The SMILES string of the molecule is O=C(OCCN1CCCSCC1)C(c1ccccc1)c1ccccc1. The molecule has 4 heteroatoms. The quantitative estimate of drug-likeness (QED) is 0.737. The number of benzene rings is 2. The molecule has 2 aromatic carbocycles. The smallest absolute Gasteiger partial charge is 0.317 e. The number of esters is 1. The lowest BCUT2D eigenvalue weighted by Crippen LogP contribution is -2.31.